The Morgan fingerprint density at radius 1 is 1.25 bits per heavy atom. The molecule has 4 nitrogen and oxygen atoms in total. The molecule has 0 aromatic heterocycles. The lowest BCUT2D eigenvalue weighted by molar-refractivity contribution is -0.158. The third-order valence-electron chi connectivity index (χ3n) is 4.05. The third kappa shape index (κ3) is 2.26. The molecule has 1 aliphatic rings. The van der Waals surface area contributed by atoms with Crippen LogP contribution in [0.5, 0.6) is 0 Å². The lowest BCUT2D eigenvalue weighted by Gasteiger charge is -2.06. The van der Waals surface area contributed by atoms with E-state index in [-0.39, 0.29) is 11.7 Å². The van der Waals surface area contributed by atoms with E-state index in [1.807, 2.05) is 0 Å². The van der Waals surface area contributed by atoms with Crippen molar-refractivity contribution in [3.8, 4) is 0 Å². The summed E-state index contributed by atoms with van der Waals surface area (Å²) in [7, 11) is 0. The van der Waals surface area contributed by atoms with Crippen LogP contribution in [0, 0.1) is 23.1 Å². The molecule has 0 amide bonds. The highest BCUT2D eigenvalue weighted by atomic mass is 35.5. The van der Waals surface area contributed by atoms with E-state index in [1.54, 1.807) is 12.1 Å². The molecule has 0 saturated heterocycles. The van der Waals surface area contributed by atoms with Crippen LogP contribution >= 0.6 is 11.6 Å². The molecule has 1 aromatic rings. The summed E-state index contributed by atoms with van der Waals surface area (Å²) in [5.74, 6) is -4.16. The number of alkyl halides is 1. The lowest BCUT2D eigenvalue weighted by Crippen LogP contribution is -2.29. The normalized spacial score (nSPS) is 23.3. The zero-order valence-corrected chi connectivity index (χ0v) is 11.3. The van der Waals surface area contributed by atoms with Crippen molar-refractivity contribution >= 4 is 23.5 Å². The van der Waals surface area contributed by atoms with Crippen molar-refractivity contribution < 1.29 is 24.2 Å². The predicted octanol–water partition coefficient (Wildman–Crippen LogP) is 2.40. The van der Waals surface area contributed by atoms with Crippen molar-refractivity contribution in [3.63, 3.8) is 0 Å². The van der Waals surface area contributed by atoms with Gasteiger partial charge >= 0.3 is 11.9 Å². The number of hydrogen-bond donors (Lipinski definition) is 2. The number of carboxylic acid groups (broad SMARTS) is 2. The molecular weight excluding hydrogens is 287 g/mol. The molecule has 0 spiro atoms. The molecule has 2 rings (SSSR count). The van der Waals surface area contributed by atoms with E-state index in [4.69, 9.17) is 11.6 Å². The minimum Gasteiger partial charge on any atom is -0.480 e. The molecule has 1 fully saturated rings. The fraction of sp³-hybridized carbons (Fsp3) is 0.429. The van der Waals surface area contributed by atoms with E-state index in [0.717, 1.165) is 5.56 Å². The average Bonchev–Trinajstić information content (AvgIpc) is 3.05. The van der Waals surface area contributed by atoms with Crippen molar-refractivity contribution in [3.05, 3.63) is 35.6 Å². The Bertz CT molecular complexity index is 532. The number of carbonyl (C=O) groups is 2. The number of aryl methyl sites for hydroxylation is 1. The van der Waals surface area contributed by atoms with Gasteiger partial charge in [-0.1, -0.05) is 12.1 Å². The Morgan fingerprint density at radius 2 is 1.90 bits per heavy atom. The molecule has 0 heterocycles. The Kier molecular flexibility index (Phi) is 3.99. The highest BCUT2D eigenvalue weighted by Crippen LogP contribution is 2.61. The minimum atomic E-state index is -1.78. The van der Waals surface area contributed by atoms with Gasteiger partial charge in [-0.3, -0.25) is 9.59 Å². The molecular formula is C14H14ClFO4. The molecule has 2 unspecified atom stereocenters. The van der Waals surface area contributed by atoms with E-state index in [9.17, 15) is 24.2 Å². The molecule has 108 valence electrons. The topological polar surface area (TPSA) is 74.6 Å². The second-order valence-corrected chi connectivity index (χ2v) is 5.32. The predicted molar refractivity (Wildman–Crippen MR) is 70.1 cm³/mol. The van der Waals surface area contributed by atoms with Crippen LogP contribution in [0.15, 0.2) is 24.3 Å². The second-order valence-electron chi connectivity index (χ2n) is 5.02. The Morgan fingerprint density at radius 3 is 2.35 bits per heavy atom. The monoisotopic (exact) mass is 300 g/mol. The summed E-state index contributed by atoms with van der Waals surface area (Å²) in [6, 6.07) is 5.98. The first-order valence-corrected chi connectivity index (χ1v) is 6.75. The molecule has 1 saturated carbocycles. The van der Waals surface area contributed by atoms with Crippen LogP contribution in [-0.4, -0.2) is 28.0 Å². The Hall–Kier alpha value is -1.62. The second kappa shape index (κ2) is 5.40. The molecule has 1 aliphatic carbocycles. The van der Waals surface area contributed by atoms with Gasteiger partial charge in [0.25, 0.3) is 0 Å². The van der Waals surface area contributed by atoms with E-state index < -0.39 is 29.2 Å². The van der Waals surface area contributed by atoms with Crippen molar-refractivity contribution in [1.82, 2.24) is 0 Å². The van der Waals surface area contributed by atoms with Crippen LogP contribution in [0.2, 0.25) is 0 Å². The summed E-state index contributed by atoms with van der Waals surface area (Å²) >= 11 is 5.69. The maximum Gasteiger partial charge on any atom is 0.321 e. The summed E-state index contributed by atoms with van der Waals surface area (Å²) in [5.41, 5.74) is -1.07. The van der Waals surface area contributed by atoms with Gasteiger partial charge < -0.3 is 10.2 Å². The van der Waals surface area contributed by atoms with Gasteiger partial charge in [-0.15, -0.1) is 11.6 Å². The van der Waals surface area contributed by atoms with Crippen LogP contribution in [0.25, 0.3) is 0 Å². The summed E-state index contributed by atoms with van der Waals surface area (Å²) < 4.78 is 13.0. The smallest absolute Gasteiger partial charge is 0.321 e. The highest BCUT2D eigenvalue weighted by Gasteiger charge is 2.74. The van der Waals surface area contributed by atoms with E-state index in [2.05, 4.69) is 0 Å². The molecule has 20 heavy (non-hydrogen) atoms. The van der Waals surface area contributed by atoms with Gasteiger partial charge in [0.15, 0.2) is 5.41 Å². The first-order chi connectivity index (χ1) is 9.44. The summed E-state index contributed by atoms with van der Waals surface area (Å²) in [6.07, 6.45) is 0.789. The highest BCUT2D eigenvalue weighted by molar-refractivity contribution is 6.19. The molecule has 6 heteroatoms. The summed E-state index contributed by atoms with van der Waals surface area (Å²) in [6.45, 7) is 0. The molecule has 2 N–H and O–H groups in total. The van der Waals surface area contributed by atoms with Gasteiger partial charge in [-0.2, -0.15) is 0 Å². The first-order valence-electron chi connectivity index (χ1n) is 6.21. The molecule has 0 bridgehead atoms. The van der Waals surface area contributed by atoms with E-state index in [0.29, 0.717) is 12.8 Å². The number of benzene rings is 1. The first kappa shape index (κ1) is 14.8. The van der Waals surface area contributed by atoms with E-state index in [1.165, 1.54) is 12.1 Å². The number of aliphatic carboxylic acids is 2. The van der Waals surface area contributed by atoms with Gasteiger partial charge in [0.05, 0.1) is 0 Å². The van der Waals surface area contributed by atoms with Crippen LogP contribution in [0.3, 0.4) is 0 Å². The number of carboxylic acids is 2. The molecule has 0 radical (unpaired) electrons. The Labute approximate surface area is 120 Å². The fourth-order valence-corrected chi connectivity index (χ4v) is 3.40. The summed E-state index contributed by atoms with van der Waals surface area (Å²) in [5, 5.41) is 18.4. The van der Waals surface area contributed by atoms with Gasteiger partial charge in [0, 0.05) is 11.8 Å². The number of halogens is 2. The van der Waals surface area contributed by atoms with Gasteiger partial charge in [0.1, 0.15) is 5.82 Å². The minimum absolute atomic E-state index is 0.00752. The maximum absolute atomic E-state index is 13.0. The van der Waals surface area contributed by atoms with Crippen LogP contribution in [0.4, 0.5) is 4.39 Å². The standard InChI is InChI=1S/C14H14ClFO4/c15-7-11-10(14(11,12(17)18)13(19)20)5-4-8-2-1-3-9(16)6-8/h1-3,6,10-11H,4-5,7H2,(H,17,18)(H,19,20). The average molecular weight is 301 g/mol. The Balaban J connectivity index is 2.10. The number of hydrogen-bond acceptors (Lipinski definition) is 2. The van der Waals surface area contributed by atoms with Gasteiger partial charge in [0.2, 0.25) is 0 Å². The lowest BCUT2D eigenvalue weighted by atomic mass is 9.99. The van der Waals surface area contributed by atoms with Crippen LogP contribution < -0.4 is 0 Å². The van der Waals surface area contributed by atoms with Crippen molar-refractivity contribution in [2.45, 2.75) is 12.8 Å². The molecule has 2 atom stereocenters. The molecule has 1 aromatic carbocycles. The summed E-state index contributed by atoms with van der Waals surface area (Å²) in [4.78, 5) is 22.5. The van der Waals surface area contributed by atoms with Crippen molar-refractivity contribution in [1.29, 1.82) is 0 Å². The third-order valence-corrected chi connectivity index (χ3v) is 4.39. The molecule has 0 aliphatic heterocycles. The van der Waals surface area contributed by atoms with E-state index >= 15 is 0 Å². The van der Waals surface area contributed by atoms with Gasteiger partial charge in [-0.05, 0) is 36.5 Å². The van der Waals surface area contributed by atoms with Gasteiger partial charge in [-0.25, -0.2) is 4.39 Å². The SMILES string of the molecule is O=C(O)C1(C(=O)O)C(CCl)C1CCc1cccc(F)c1. The van der Waals surface area contributed by atoms with Crippen molar-refractivity contribution in [2.24, 2.45) is 17.3 Å². The van der Waals surface area contributed by atoms with Crippen LogP contribution in [-0.2, 0) is 16.0 Å². The van der Waals surface area contributed by atoms with Crippen LogP contribution in [0.1, 0.15) is 12.0 Å². The van der Waals surface area contributed by atoms with Crippen molar-refractivity contribution in [2.75, 3.05) is 5.88 Å². The zero-order valence-electron chi connectivity index (χ0n) is 10.6. The maximum atomic E-state index is 13.0. The zero-order chi connectivity index (χ0) is 14.9. The number of rotatable bonds is 6. The quantitative estimate of drug-likeness (QED) is 0.625. The largest absolute Gasteiger partial charge is 0.480 e. The fourth-order valence-electron chi connectivity index (χ4n) is 2.94.